The molecule has 8 heteroatoms. The zero-order chi connectivity index (χ0) is 19.3. The number of carbonyl (C=O) groups is 1. The van der Waals surface area contributed by atoms with Crippen LogP contribution in [0.1, 0.15) is 24.5 Å². The highest BCUT2D eigenvalue weighted by molar-refractivity contribution is 7.92. The van der Waals surface area contributed by atoms with Crippen LogP contribution in [-0.2, 0) is 21.4 Å². The fourth-order valence-electron chi connectivity index (χ4n) is 2.71. The maximum absolute atomic E-state index is 12.5. The van der Waals surface area contributed by atoms with E-state index in [1.165, 1.54) is 4.31 Å². The molecular weight excluding hydrogens is 352 g/mol. The first-order chi connectivity index (χ1) is 12.2. The smallest absolute Gasteiger partial charge is 0.243 e. The summed E-state index contributed by atoms with van der Waals surface area (Å²) in [5.74, 6) is -0.320. The molecule has 1 aromatic carbocycles. The van der Waals surface area contributed by atoms with Gasteiger partial charge >= 0.3 is 0 Å². The van der Waals surface area contributed by atoms with Crippen LogP contribution in [0, 0.1) is 13.8 Å². The van der Waals surface area contributed by atoms with E-state index in [1.807, 2.05) is 30.7 Å². The van der Waals surface area contributed by atoms with Gasteiger partial charge in [0, 0.05) is 25.5 Å². The molecule has 0 aliphatic carbocycles. The fraction of sp³-hybridized carbons (Fsp3) is 0.444. The molecule has 0 bridgehead atoms. The molecule has 1 amide bonds. The molecule has 7 nitrogen and oxygen atoms in total. The summed E-state index contributed by atoms with van der Waals surface area (Å²) in [6, 6.07) is 4.55. The van der Waals surface area contributed by atoms with Gasteiger partial charge in [-0.05, 0) is 50.5 Å². The minimum Gasteiger partial charge on any atom is -0.354 e. The lowest BCUT2D eigenvalue weighted by Crippen LogP contribution is -2.48. The molecule has 142 valence electrons. The minimum absolute atomic E-state index is 0.320. The Balaban J connectivity index is 2.04. The highest BCUT2D eigenvalue weighted by Gasteiger charge is 2.29. The predicted molar refractivity (Wildman–Crippen MR) is 103 cm³/mol. The Labute approximate surface area is 155 Å². The third-order valence-electron chi connectivity index (χ3n) is 4.28. The number of hydrogen-bond donors (Lipinski definition) is 1. The monoisotopic (exact) mass is 378 g/mol. The summed E-state index contributed by atoms with van der Waals surface area (Å²) in [7, 11) is -3.60. The maximum atomic E-state index is 12.5. The number of nitrogens with zero attached hydrogens (tertiary/aromatic N) is 3. The Morgan fingerprint density at radius 2 is 2.04 bits per heavy atom. The number of hydrogen-bond acceptors (Lipinski definition) is 4. The molecule has 1 atom stereocenters. The summed E-state index contributed by atoms with van der Waals surface area (Å²) in [6.07, 6.45) is 7.13. The first kappa shape index (κ1) is 20.0. The average molecular weight is 378 g/mol. The van der Waals surface area contributed by atoms with Crippen molar-refractivity contribution in [1.82, 2.24) is 14.9 Å². The molecule has 2 rings (SSSR count). The third kappa shape index (κ3) is 5.08. The van der Waals surface area contributed by atoms with Crippen LogP contribution in [0.3, 0.4) is 0 Å². The fourth-order valence-corrected chi connectivity index (χ4v) is 3.88. The van der Waals surface area contributed by atoms with Gasteiger partial charge in [-0.15, -0.1) is 0 Å². The number of amides is 1. The van der Waals surface area contributed by atoms with Gasteiger partial charge in [0.2, 0.25) is 15.9 Å². The Morgan fingerprint density at radius 3 is 2.62 bits per heavy atom. The van der Waals surface area contributed by atoms with Gasteiger partial charge in [-0.3, -0.25) is 9.10 Å². The second-order valence-electron chi connectivity index (χ2n) is 6.45. The molecule has 0 saturated carbocycles. The first-order valence-electron chi connectivity index (χ1n) is 8.50. The summed E-state index contributed by atoms with van der Waals surface area (Å²) in [6.45, 7) is 6.68. The molecule has 26 heavy (non-hydrogen) atoms. The van der Waals surface area contributed by atoms with Gasteiger partial charge in [0.05, 0.1) is 18.3 Å². The van der Waals surface area contributed by atoms with E-state index in [1.54, 1.807) is 31.6 Å². The molecule has 1 heterocycles. The van der Waals surface area contributed by atoms with Crippen LogP contribution in [0.4, 0.5) is 5.69 Å². The van der Waals surface area contributed by atoms with Crippen LogP contribution >= 0.6 is 0 Å². The van der Waals surface area contributed by atoms with E-state index in [4.69, 9.17) is 0 Å². The third-order valence-corrected chi connectivity index (χ3v) is 5.53. The largest absolute Gasteiger partial charge is 0.354 e. The van der Waals surface area contributed by atoms with E-state index >= 15 is 0 Å². The van der Waals surface area contributed by atoms with E-state index in [0.717, 1.165) is 30.3 Å². The van der Waals surface area contributed by atoms with Crippen molar-refractivity contribution >= 4 is 21.6 Å². The van der Waals surface area contributed by atoms with Gasteiger partial charge < -0.3 is 9.88 Å². The van der Waals surface area contributed by atoms with Crippen molar-refractivity contribution in [3.05, 3.63) is 48.0 Å². The van der Waals surface area contributed by atoms with Gasteiger partial charge in [-0.2, -0.15) is 0 Å². The summed E-state index contributed by atoms with van der Waals surface area (Å²) in [4.78, 5) is 16.4. The van der Waals surface area contributed by atoms with Crippen molar-refractivity contribution in [3.63, 3.8) is 0 Å². The van der Waals surface area contributed by atoms with Crippen LogP contribution in [0.15, 0.2) is 36.9 Å². The lowest BCUT2D eigenvalue weighted by atomic mass is 10.1. The zero-order valence-electron chi connectivity index (χ0n) is 15.6. The van der Waals surface area contributed by atoms with E-state index in [-0.39, 0.29) is 5.91 Å². The second kappa shape index (κ2) is 8.35. The van der Waals surface area contributed by atoms with Gasteiger partial charge in [0.1, 0.15) is 6.04 Å². The Bertz CT molecular complexity index is 847. The van der Waals surface area contributed by atoms with Crippen molar-refractivity contribution in [1.29, 1.82) is 0 Å². The number of aryl methyl sites for hydroxylation is 3. The number of benzene rings is 1. The molecule has 1 N–H and O–H groups in total. The molecule has 0 saturated heterocycles. The average Bonchev–Trinajstić information content (AvgIpc) is 3.07. The van der Waals surface area contributed by atoms with E-state index in [0.29, 0.717) is 12.2 Å². The summed E-state index contributed by atoms with van der Waals surface area (Å²) >= 11 is 0. The van der Waals surface area contributed by atoms with E-state index in [9.17, 15) is 13.2 Å². The predicted octanol–water partition coefficient (Wildman–Crippen LogP) is 1.86. The topological polar surface area (TPSA) is 84.3 Å². The lowest BCUT2D eigenvalue weighted by Gasteiger charge is -2.28. The highest BCUT2D eigenvalue weighted by Crippen LogP contribution is 2.23. The van der Waals surface area contributed by atoms with Crippen molar-refractivity contribution in [3.8, 4) is 0 Å². The van der Waals surface area contributed by atoms with Crippen LogP contribution in [0.2, 0.25) is 0 Å². The van der Waals surface area contributed by atoms with Crippen LogP contribution < -0.4 is 9.62 Å². The first-order valence-corrected chi connectivity index (χ1v) is 10.3. The zero-order valence-corrected chi connectivity index (χ0v) is 16.5. The van der Waals surface area contributed by atoms with Gasteiger partial charge in [0.25, 0.3) is 0 Å². The van der Waals surface area contributed by atoms with Crippen LogP contribution in [-0.4, -0.2) is 42.7 Å². The second-order valence-corrected chi connectivity index (χ2v) is 8.31. The molecule has 0 aliphatic rings. The lowest BCUT2D eigenvalue weighted by molar-refractivity contribution is -0.121. The molecule has 1 aromatic heterocycles. The Morgan fingerprint density at radius 1 is 1.31 bits per heavy atom. The molecular formula is C18H26N4O3S. The maximum Gasteiger partial charge on any atom is 0.243 e. The summed E-state index contributed by atoms with van der Waals surface area (Å²) in [5.41, 5.74) is 2.54. The Hall–Kier alpha value is -2.35. The molecule has 0 radical (unpaired) electrons. The number of carbonyl (C=O) groups excluding carboxylic acids is 1. The minimum atomic E-state index is -3.60. The van der Waals surface area contributed by atoms with Gasteiger partial charge in [-0.1, -0.05) is 6.07 Å². The van der Waals surface area contributed by atoms with E-state index < -0.39 is 16.1 Å². The van der Waals surface area contributed by atoms with E-state index in [2.05, 4.69) is 10.3 Å². The number of aromatic nitrogens is 2. The Kier molecular flexibility index (Phi) is 6.42. The summed E-state index contributed by atoms with van der Waals surface area (Å²) in [5, 5.41) is 2.81. The molecule has 0 spiro atoms. The van der Waals surface area contributed by atoms with Crippen molar-refractivity contribution in [2.24, 2.45) is 0 Å². The number of nitrogens with one attached hydrogen (secondary N) is 1. The van der Waals surface area contributed by atoms with Crippen LogP contribution in [0.25, 0.3) is 0 Å². The molecule has 0 unspecified atom stereocenters. The number of imidazole rings is 1. The SMILES string of the molecule is Cc1ccc(N([C@H](C)C(=O)NCCCn2ccnc2)S(C)(=O)=O)cc1C. The van der Waals surface area contributed by atoms with Crippen molar-refractivity contribution < 1.29 is 13.2 Å². The van der Waals surface area contributed by atoms with Crippen molar-refractivity contribution in [2.45, 2.75) is 39.8 Å². The number of rotatable bonds is 8. The molecule has 0 fully saturated rings. The molecule has 2 aromatic rings. The highest BCUT2D eigenvalue weighted by atomic mass is 32.2. The normalized spacial score (nSPS) is 12.6. The number of sulfonamides is 1. The number of anilines is 1. The van der Waals surface area contributed by atoms with Gasteiger partial charge in [-0.25, -0.2) is 13.4 Å². The van der Waals surface area contributed by atoms with Crippen molar-refractivity contribution in [2.75, 3.05) is 17.1 Å². The van der Waals surface area contributed by atoms with Crippen LogP contribution in [0.5, 0.6) is 0 Å². The van der Waals surface area contributed by atoms with Gasteiger partial charge in [0.15, 0.2) is 0 Å². The quantitative estimate of drug-likeness (QED) is 0.711. The molecule has 0 aliphatic heterocycles. The summed E-state index contributed by atoms with van der Waals surface area (Å²) < 4.78 is 27.7. The standard InChI is InChI=1S/C18H26N4O3S/c1-14-6-7-17(12-15(14)2)22(26(4,24)25)16(3)18(23)20-8-5-10-21-11-9-19-13-21/h6-7,9,11-13,16H,5,8,10H2,1-4H3,(H,20,23)/t16-/m1/s1.